The van der Waals surface area contributed by atoms with Gasteiger partial charge in [-0.25, -0.2) is 0 Å². The van der Waals surface area contributed by atoms with Crippen molar-refractivity contribution in [1.82, 2.24) is 4.98 Å². The highest BCUT2D eigenvalue weighted by atomic mass is 16.2. The second-order valence-electron chi connectivity index (χ2n) is 5.36. The Labute approximate surface area is 112 Å². The van der Waals surface area contributed by atoms with Gasteiger partial charge in [-0.3, -0.25) is 9.78 Å². The third-order valence-corrected chi connectivity index (χ3v) is 4.17. The van der Waals surface area contributed by atoms with Gasteiger partial charge in [-0.1, -0.05) is 13.0 Å². The van der Waals surface area contributed by atoms with Crippen LogP contribution in [0.1, 0.15) is 13.3 Å². The van der Waals surface area contributed by atoms with Crippen LogP contribution in [0.3, 0.4) is 0 Å². The molecule has 0 spiro atoms. The molecule has 3 N–H and O–H groups in total. The van der Waals surface area contributed by atoms with Crippen LogP contribution in [0.4, 0.5) is 5.69 Å². The Bertz CT molecular complexity index is 636. The fraction of sp³-hybridized carbons (Fsp3) is 0.333. The zero-order chi connectivity index (χ0) is 13.5. The van der Waals surface area contributed by atoms with Gasteiger partial charge in [0.15, 0.2) is 0 Å². The Balaban J connectivity index is 1.84. The third kappa shape index (κ3) is 1.98. The van der Waals surface area contributed by atoms with E-state index in [-0.39, 0.29) is 11.3 Å². The molecule has 2 aromatic rings. The minimum absolute atomic E-state index is 0.0379. The Morgan fingerprint density at radius 2 is 2.26 bits per heavy atom. The number of benzene rings is 1. The lowest BCUT2D eigenvalue weighted by molar-refractivity contribution is -0.121. The first-order valence-electron chi connectivity index (χ1n) is 6.51. The lowest BCUT2D eigenvalue weighted by Crippen LogP contribution is -2.32. The number of aromatic nitrogens is 1. The molecular weight excluding hydrogens is 238 g/mol. The maximum Gasteiger partial charge on any atom is 0.232 e. The average Bonchev–Trinajstić information content (AvgIpc) is 3.11. The van der Waals surface area contributed by atoms with E-state index in [4.69, 9.17) is 5.73 Å². The number of pyridine rings is 1. The first kappa shape index (κ1) is 12.1. The maximum absolute atomic E-state index is 12.3. The Kier molecular flexibility index (Phi) is 2.75. The van der Waals surface area contributed by atoms with Gasteiger partial charge in [0.1, 0.15) is 0 Å². The molecule has 1 fully saturated rings. The lowest BCUT2D eigenvalue weighted by atomic mass is 10.0. The lowest BCUT2D eigenvalue weighted by Gasteiger charge is -2.14. The first-order chi connectivity index (χ1) is 9.15. The highest BCUT2D eigenvalue weighted by Crippen LogP contribution is 2.52. The van der Waals surface area contributed by atoms with Crippen molar-refractivity contribution in [3.63, 3.8) is 0 Å². The van der Waals surface area contributed by atoms with Gasteiger partial charge >= 0.3 is 0 Å². The first-order valence-corrected chi connectivity index (χ1v) is 6.51. The topological polar surface area (TPSA) is 68.0 Å². The number of carbonyl (C=O) groups excluding carboxylic acids is 1. The monoisotopic (exact) mass is 255 g/mol. The molecule has 3 rings (SSSR count). The van der Waals surface area contributed by atoms with E-state index in [0.29, 0.717) is 12.5 Å². The molecule has 0 aliphatic heterocycles. The number of amides is 1. The summed E-state index contributed by atoms with van der Waals surface area (Å²) in [6.45, 7) is 2.48. The normalized spacial score (nSPS) is 25.3. The van der Waals surface area contributed by atoms with Crippen molar-refractivity contribution < 1.29 is 4.79 Å². The molecule has 0 bridgehead atoms. The van der Waals surface area contributed by atoms with Crippen molar-refractivity contribution >= 4 is 22.4 Å². The smallest absolute Gasteiger partial charge is 0.232 e. The predicted octanol–water partition coefficient (Wildman–Crippen LogP) is 2.16. The average molecular weight is 255 g/mol. The van der Waals surface area contributed by atoms with Gasteiger partial charge in [0, 0.05) is 30.0 Å². The van der Waals surface area contributed by atoms with Crippen LogP contribution in [0.2, 0.25) is 0 Å². The minimum Gasteiger partial charge on any atom is -0.329 e. The maximum atomic E-state index is 12.3. The SMILES string of the molecule is CC1CC1(CN)C(=O)Nc1ccc2cnccc2c1. The van der Waals surface area contributed by atoms with Crippen LogP contribution >= 0.6 is 0 Å². The van der Waals surface area contributed by atoms with E-state index in [1.165, 1.54) is 0 Å². The second kappa shape index (κ2) is 4.31. The number of rotatable bonds is 3. The fourth-order valence-corrected chi connectivity index (χ4v) is 2.60. The summed E-state index contributed by atoms with van der Waals surface area (Å²) in [6, 6.07) is 7.76. The molecule has 1 aromatic heterocycles. The van der Waals surface area contributed by atoms with Gasteiger partial charge in [0.25, 0.3) is 0 Å². The molecule has 1 aliphatic rings. The van der Waals surface area contributed by atoms with Crippen molar-refractivity contribution in [3.8, 4) is 0 Å². The van der Waals surface area contributed by atoms with Crippen LogP contribution in [-0.2, 0) is 4.79 Å². The number of anilines is 1. The van der Waals surface area contributed by atoms with E-state index in [9.17, 15) is 4.79 Å². The second-order valence-corrected chi connectivity index (χ2v) is 5.36. The van der Waals surface area contributed by atoms with Gasteiger partial charge < -0.3 is 11.1 Å². The zero-order valence-corrected chi connectivity index (χ0v) is 10.9. The van der Waals surface area contributed by atoms with E-state index in [1.807, 2.05) is 30.5 Å². The number of nitrogens with zero attached hydrogens (tertiary/aromatic N) is 1. The van der Waals surface area contributed by atoms with Crippen molar-refractivity contribution in [3.05, 3.63) is 36.7 Å². The Morgan fingerprint density at radius 3 is 2.95 bits per heavy atom. The molecule has 19 heavy (non-hydrogen) atoms. The number of carbonyl (C=O) groups is 1. The summed E-state index contributed by atoms with van der Waals surface area (Å²) in [4.78, 5) is 16.3. The fourth-order valence-electron chi connectivity index (χ4n) is 2.60. The molecule has 2 unspecified atom stereocenters. The molecule has 0 saturated heterocycles. The molecule has 98 valence electrons. The summed E-state index contributed by atoms with van der Waals surface area (Å²) in [5.41, 5.74) is 6.20. The minimum atomic E-state index is -0.354. The molecule has 0 radical (unpaired) electrons. The number of hydrogen-bond acceptors (Lipinski definition) is 3. The van der Waals surface area contributed by atoms with Crippen LogP contribution in [0.15, 0.2) is 36.7 Å². The number of fused-ring (bicyclic) bond motifs is 1. The molecule has 1 saturated carbocycles. The summed E-state index contributed by atoms with van der Waals surface area (Å²) in [5.74, 6) is 0.415. The molecule has 1 amide bonds. The van der Waals surface area contributed by atoms with Crippen molar-refractivity contribution in [1.29, 1.82) is 0 Å². The molecule has 4 heteroatoms. The standard InChI is InChI=1S/C15H17N3O/c1-10-7-15(10,9-16)14(19)18-13-3-2-12-8-17-5-4-11(12)6-13/h2-6,8,10H,7,9,16H2,1H3,(H,18,19). The largest absolute Gasteiger partial charge is 0.329 e. The highest BCUT2D eigenvalue weighted by molar-refractivity contribution is 5.99. The summed E-state index contributed by atoms with van der Waals surface area (Å²) < 4.78 is 0. The Morgan fingerprint density at radius 1 is 1.47 bits per heavy atom. The summed E-state index contributed by atoms with van der Waals surface area (Å²) in [6.07, 6.45) is 4.44. The molecule has 4 nitrogen and oxygen atoms in total. The predicted molar refractivity (Wildman–Crippen MR) is 75.6 cm³/mol. The summed E-state index contributed by atoms with van der Waals surface area (Å²) >= 11 is 0. The molecule has 1 aromatic carbocycles. The number of nitrogens with two attached hydrogens (primary N) is 1. The third-order valence-electron chi connectivity index (χ3n) is 4.17. The van der Waals surface area contributed by atoms with Gasteiger partial charge in [0.2, 0.25) is 5.91 Å². The summed E-state index contributed by atoms with van der Waals surface area (Å²) in [5, 5.41) is 5.11. The van der Waals surface area contributed by atoms with Gasteiger partial charge in [-0.05, 0) is 35.9 Å². The molecular formula is C15H17N3O. The van der Waals surface area contributed by atoms with Gasteiger partial charge in [-0.2, -0.15) is 0 Å². The van der Waals surface area contributed by atoms with E-state index >= 15 is 0 Å². The Hall–Kier alpha value is -1.94. The van der Waals surface area contributed by atoms with Crippen LogP contribution < -0.4 is 11.1 Å². The van der Waals surface area contributed by atoms with Gasteiger partial charge in [0.05, 0.1) is 5.41 Å². The van der Waals surface area contributed by atoms with Crippen LogP contribution in [0.25, 0.3) is 10.8 Å². The van der Waals surface area contributed by atoms with Gasteiger partial charge in [-0.15, -0.1) is 0 Å². The van der Waals surface area contributed by atoms with Crippen LogP contribution in [0.5, 0.6) is 0 Å². The van der Waals surface area contributed by atoms with E-state index in [0.717, 1.165) is 22.9 Å². The highest BCUT2D eigenvalue weighted by Gasteiger charge is 2.56. The molecule has 1 heterocycles. The number of hydrogen-bond donors (Lipinski definition) is 2. The van der Waals surface area contributed by atoms with E-state index in [1.54, 1.807) is 6.20 Å². The zero-order valence-electron chi connectivity index (χ0n) is 10.9. The van der Waals surface area contributed by atoms with Crippen molar-refractivity contribution in [2.24, 2.45) is 17.1 Å². The van der Waals surface area contributed by atoms with Crippen LogP contribution in [-0.4, -0.2) is 17.4 Å². The van der Waals surface area contributed by atoms with E-state index in [2.05, 4.69) is 17.2 Å². The van der Waals surface area contributed by atoms with Crippen molar-refractivity contribution in [2.45, 2.75) is 13.3 Å². The van der Waals surface area contributed by atoms with E-state index < -0.39 is 0 Å². The number of nitrogens with one attached hydrogen (secondary N) is 1. The quantitative estimate of drug-likeness (QED) is 0.883. The summed E-state index contributed by atoms with van der Waals surface area (Å²) in [7, 11) is 0. The van der Waals surface area contributed by atoms with Crippen LogP contribution in [0, 0.1) is 11.3 Å². The molecule has 2 atom stereocenters. The molecule has 1 aliphatic carbocycles. The van der Waals surface area contributed by atoms with Crippen molar-refractivity contribution in [2.75, 3.05) is 11.9 Å².